The van der Waals surface area contributed by atoms with E-state index in [0.29, 0.717) is 28.4 Å². The highest BCUT2D eigenvalue weighted by atomic mass is 19.2. The third kappa shape index (κ3) is 4.62. The minimum atomic E-state index is -2.19. The molecular formula is C24H19F5O4. The smallest absolute Gasteiger partial charge is 0.203 e. The van der Waals surface area contributed by atoms with Crippen molar-refractivity contribution in [2.75, 3.05) is 21.3 Å². The molecule has 0 heterocycles. The predicted molar refractivity (Wildman–Crippen MR) is 110 cm³/mol. The number of hydrogen-bond acceptors (Lipinski definition) is 4. The summed E-state index contributed by atoms with van der Waals surface area (Å²) in [4.78, 5) is 12.9. The third-order valence-corrected chi connectivity index (χ3v) is 5.11. The number of ketones is 1. The third-order valence-electron chi connectivity index (χ3n) is 5.11. The van der Waals surface area contributed by atoms with Crippen molar-refractivity contribution in [2.24, 2.45) is 0 Å². The molecule has 3 aromatic carbocycles. The van der Waals surface area contributed by atoms with E-state index in [1.54, 1.807) is 0 Å². The molecule has 0 aromatic heterocycles. The Morgan fingerprint density at radius 3 is 1.61 bits per heavy atom. The number of hydrogen-bond donors (Lipinski definition) is 0. The second kappa shape index (κ2) is 9.89. The van der Waals surface area contributed by atoms with Crippen LogP contribution in [0.5, 0.6) is 17.2 Å². The lowest BCUT2D eigenvalue weighted by molar-refractivity contribution is 0.103. The van der Waals surface area contributed by atoms with E-state index in [0.717, 1.165) is 0 Å². The molecule has 0 unspecified atom stereocenters. The minimum absolute atomic E-state index is 0.00297. The van der Waals surface area contributed by atoms with Gasteiger partial charge in [-0.05, 0) is 30.5 Å². The summed E-state index contributed by atoms with van der Waals surface area (Å²) >= 11 is 0. The summed E-state index contributed by atoms with van der Waals surface area (Å²) in [5.74, 6) is -9.24. The average Bonchev–Trinajstić information content (AvgIpc) is 2.85. The van der Waals surface area contributed by atoms with Gasteiger partial charge in [0.25, 0.3) is 0 Å². The molecule has 0 spiro atoms. The van der Waals surface area contributed by atoms with Crippen LogP contribution in [0.15, 0.2) is 36.4 Å². The van der Waals surface area contributed by atoms with E-state index in [4.69, 9.17) is 14.2 Å². The molecule has 0 aliphatic rings. The van der Waals surface area contributed by atoms with E-state index < -0.39 is 41.1 Å². The first-order valence-electron chi connectivity index (χ1n) is 9.67. The van der Waals surface area contributed by atoms with Gasteiger partial charge in [-0.15, -0.1) is 0 Å². The van der Waals surface area contributed by atoms with Gasteiger partial charge in [-0.2, -0.15) is 0 Å². The van der Waals surface area contributed by atoms with Gasteiger partial charge in [0, 0.05) is 16.7 Å². The molecule has 0 aliphatic heterocycles. The zero-order chi connectivity index (χ0) is 24.3. The maximum atomic E-state index is 13.8. The molecule has 0 saturated heterocycles. The van der Waals surface area contributed by atoms with Crippen LogP contribution in [0.25, 0.3) is 0 Å². The molecule has 3 rings (SSSR count). The van der Waals surface area contributed by atoms with Crippen LogP contribution in [0.1, 0.15) is 27.0 Å². The van der Waals surface area contributed by atoms with Crippen LogP contribution in [0.3, 0.4) is 0 Å². The second-order valence-corrected chi connectivity index (χ2v) is 6.99. The number of carbonyl (C=O) groups excluding carboxylic acids is 1. The van der Waals surface area contributed by atoms with Crippen molar-refractivity contribution in [3.63, 3.8) is 0 Å². The molecule has 0 N–H and O–H groups in total. The van der Waals surface area contributed by atoms with Crippen molar-refractivity contribution in [1.29, 1.82) is 0 Å². The molecule has 0 saturated carbocycles. The van der Waals surface area contributed by atoms with Crippen LogP contribution >= 0.6 is 0 Å². The largest absolute Gasteiger partial charge is 0.493 e. The van der Waals surface area contributed by atoms with Crippen LogP contribution < -0.4 is 14.2 Å². The topological polar surface area (TPSA) is 44.8 Å². The molecule has 0 atom stereocenters. The quantitative estimate of drug-likeness (QED) is 0.192. The summed E-state index contributed by atoms with van der Waals surface area (Å²) in [5, 5.41) is 0. The lowest BCUT2D eigenvalue weighted by atomic mass is 9.98. The van der Waals surface area contributed by atoms with Crippen molar-refractivity contribution in [3.8, 4) is 17.2 Å². The monoisotopic (exact) mass is 466 g/mol. The number of benzene rings is 3. The Hall–Kier alpha value is -3.62. The summed E-state index contributed by atoms with van der Waals surface area (Å²) in [5.41, 5.74) is 0.243. The minimum Gasteiger partial charge on any atom is -0.493 e. The lowest BCUT2D eigenvalue weighted by Gasteiger charge is -2.14. The zero-order valence-corrected chi connectivity index (χ0v) is 17.9. The lowest BCUT2D eigenvalue weighted by Crippen LogP contribution is -2.08. The molecule has 3 aromatic rings. The van der Waals surface area contributed by atoms with Gasteiger partial charge in [-0.3, -0.25) is 4.79 Å². The summed E-state index contributed by atoms with van der Waals surface area (Å²) in [6, 6.07) is 9.08. The molecule has 0 aliphatic carbocycles. The fourth-order valence-electron chi connectivity index (χ4n) is 3.34. The van der Waals surface area contributed by atoms with Gasteiger partial charge >= 0.3 is 0 Å². The maximum absolute atomic E-state index is 13.8. The Balaban J connectivity index is 1.81. The molecule has 174 valence electrons. The molecule has 0 fully saturated rings. The Morgan fingerprint density at radius 1 is 0.667 bits per heavy atom. The van der Waals surface area contributed by atoms with E-state index in [-0.39, 0.29) is 17.8 Å². The van der Waals surface area contributed by atoms with Gasteiger partial charge in [0.2, 0.25) is 11.6 Å². The fraction of sp³-hybridized carbons (Fsp3) is 0.208. The maximum Gasteiger partial charge on any atom is 0.203 e. The van der Waals surface area contributed by atoms with Gasteiger partial charge in [0.05, 0.1) is 21.3 Å². The molecule has 4 nitrogen and oxygen atoms in total. The van der Waals surface area contributed by atoms with Crippen LogP contribution in [0.2, 0.25) is 0 Å². The van der Waals surface area contributed by atoms with E-state index in [1.807, 2.05) is 0 Å². The van der Waals surface area contributed by atoms with Crippen molar-refractivity contribution >= 4 is 5.78 Å². The number of rotatable bonds is 8. The SMILES string of the molecule is COc1cc(C(=O)c2ccc(CCc3c(F)c(F)c(F)c(F)c3F)cc2)cc(OC)c1OC. The first-order chi connectivity index (χ1) is 15.7. The van der Waals surface area contributed by atoms with Crippen LogP contribution in [-0.4, -0.2) is 27.1 Å². The summed E-state index contributed by atoms with van der Waals surface area (Å²) < 4.78 is 83.3. The Kier molecular flexibility index (Phi) is 7.20. The van der Waals surface area contributed by atoms with E-state index in [1.165, 1.54) is 57.7 Å². The zero-order valence-electron chi connectivity index (χ0n) is 17.9. The van der Waals surface area contributed by atoms with E-state index in [2.05, 4.69) is 0 Å². The highest BCUT2D eigenvalue weighted by Gasteiger charge is 2.25. The van der Waals surface area contributed by atoms with Crippen LogP contribution in [0.4, 0.5) is 22.0 Å². The van der Waals surface area contributed by atoms with Gasteiger partial charge < -0.3 is 14.2 Å². The molecular weight excluding hydrogens is 447 g/mol. The van der Waals surface area contributed by atoms with Gasteiger partial charge in [0.15, 0.2) is 40.6 Å². The van der Waals surface area contributed by atoms with Gasteiger partial charge in [0.1, 0.15) is 0 Å². The van der Waals surface area contributed by atoms with Crippen molar-refractivity contribution in [3.05, 3.63) is 87.7 Å². The Morgan fingerprint density at radius 2 is 1.15 bits per heavy atom. The second-order valence-electron chi connectivity index (χ2n) is 6.99. The van der Waals surface area contributed by atoms with Crippen molar-refractivity contribution < 1.29 is 41.0 Å². The van der Waals surface area contributed by atoms with Crippen molar-refractivity contribution in [2.45, 2.75) is 12.8 Å². The summed E-state index contributed by atoms with van der Waals surface area (Å²) in [7, 11) is 4.28. The molecule has 0 bridgehead atoms. The normalized spacial score (nSPS) is 10.8. The van der Waals surface area contributed by atoms with Gasteiger partial charge in [-0.25, -0.2) is 22.0 Å². The number of halogens is 5. The van der Waals surface area contributed by atoms with E-state index >= 15 is 0 Å². The molecule has 33 heavy (non-hydrogen) atoms. The fourth-order valence-corrected chi connectivity index (χ4v) is 3.34. The molecule has 9 heteroatoms. The Bertz CT molecular complexity index is 1140. The first kappa shape index (κ1) is 24.0. The summed E-state index contributed by atoms with van der Waals surface area (Å²) in [6.07, 6.45) is -0.414. The number of carbonyl (C=O) groups is 1. The molecule has 0 amide bonds. The predicted octanol–water partition coefficient (Wildman–Crippen LogP) is 5.42. The molecule has 0 radical (unpaired) electrons. The highest BCUT2D eigenvalue weighted by molar-refractivity contribution is 6.09. The average molecular weight is 466 g/mol. The number of ether oxygens (including phenoxy) is 3. The van der Waals surface area contributed by atoms with Gasteiger partial charge in [-0.1, -0.05) is 24.3 Å². The highest BCUT2D eigenvalue weighted by Crippen LogP contribution is 2.38. The first-order valence-corrected chi connectivity index (χ1v) is 9.67. The standard InChI is InChI=1S/C24H19F5O4/c1-31-16-10-14(11-17(32-2)24(16)33-3)23(30)13-7-4-12(5-8-13)6-9-15-18(25)20(27)22(29)21(28)19(15)26/h4-5,7-8,10-11H,6,9H2,1-3H3. The number of methoxy groups -OCH3 is 3. The number of aryl methyl sites for hydroxylation is 1. The Labute approximate surface area is 186 Å². The van der Waals surface area contributed by atoms with Crippen LogP contribution in [-0.2, 0) is 12.8 Å². The van der Waals surface area contributed by atoms with Crippen molar-refractivity contribution in [1.82, 2.24) is 0 Å². The van der Waals surface area contributed by atoms with Crippen LogP contribution in [0, 0.1) is 29.1 Å². The van der Waals surface area contributed by atoms with E-state index in [9.17, 15) is 26.7 Å². The summed E-state index contributed by atoms with van der Waals surface area (Å²) in [6.45, 7) is 0.